The Balaban J connectivity index is 1.30. The minimum Gasteiger partial charge on any atom is -0.440 e. The van der Waals surface area contributed by atoms with E-state index in [0.717, 1.165) is 23.9 Å². The Labute approximate surface area is 166 Å². The molecule has 2 aromatic heterocycles. The van der Waals surface area contributed by atoms with Gasteiger partial charge in [0.15, 0.2) is 11.5 Å². The van der Waals surface area contributed by atoms with Crippen LogP contribution in [0.4, 0.5) is 0 Å². The van der Waals surface area contributed by atoms with E-state index in [9.17, 15) is 9.59 Å². The van der Waals surface area contributed by atoms with Crippen LogP contribution < -0.4 is 5.32 Å². The number of amides is 2. The molecule has 0 bridgehead atoms. The van der Waals surface area contributed by atoms with E-state index in [-0.39, 0.29) is 24.3 Å². The monoisotopic (exact) mass is 398 g/mol. The molecule has 0 atom stereocenters. The molecule has 0 unspecified atom stereocenters. The maximum atomic E-state index is 12.4. The first-order valence-electron chi connectivity index (χ1n) is 9.12. The lowest BCUT2D eigenvalue weighted by Crippen LogP contribution is -2.43. The SMILES string of the molecule is O=C(NCC(=O)N1CCC(c2nc3cc(Cl)ccc3o2)CC1)c1cccnc1. The molecule has 1 aliphatic heterocycles. The summed E-state index contributed by atoms with van der Waals surface area (Å²) in [7, 11) is 0. The molecule has 1 aromatic carbocycles. The largest absolute Gasteiger partial charge is 0.440 e. The van der Waals surface area contributed by atoms with E-state index < -0.39 is 0 Å². The predicted octanol–water partition coefficient (Wildman–Crippen LogP) is 3.01. The van der Waals surface area contributed by atoms with Crippen LogP contribution in [0.5, 0.6) is 0 Å². The summed E-state index contributed by atoms with van der Waals surface area (Å²) < 4.78 is 5.85. The van der Waals surface area contributed by atoms with Gasteiger partial charge in [-0.05, 0) is 43.2 Å². The van der Waals surface area contributed by atoms with Crippen molar-refractivity contribution in [3.8, 4) is 0 Å². The van der Waals surface area contributed by atoms with Crippen molar-refractivity contribution in [3.05, 3.63) is 59.2 Å². The summed E-state index contributed by atoms with van der Waals surface area (Å²) in [5, 5.41) is 3.27. The number of aromatic nitrogens is 2. The Bertz CT molecular complexity index is 997. The second kappa shape index (κ2) is 7.98. The van der Waals surface area contributed by atoms with Gasteiger partial charge in [0.2, 0.25) is 5.91 Å². The molecule has 1 N–H and O–H groups in total. The van der Waals surface area contributed by atoms with Crippen molar-refractivity contribution in [2.24, 2.45) is 0 Å². The summed E-state index contributed by atoms with van der Waals surface area (Å²) in [6.07, 6.45) is 4.60. The van der Waals surface area contributed by atoms with Gasteiger partial charge in [0.25, 0.3) is 5.91 Å². The lowest BCUT2D eigenvalue weighted by Gasteiger charge is -2.30. The lowest BCUT2D eigenvalue weighted by molar-refractivity contribution is -0.131. The normalized spacial score (nSPS) is 15.0. The van der Waals surface area contributed by atoms with E-state index in [4.69, 9.17) is 16.0 Å². The molecular formula is C20H19ClN4O3. The molecule has 0 spiro atoms. The molecular weight excluding hydrogens is 380 g/mol. The van der Waals surface area contributed by atoms with Crippen LogP contribution in [0.15, 0.2) is 47.1 Å². The third-order valence-corrected chi connectivity index (χ3v) is 5.12. The van der Waals surface area contributed by atoms with E-state index >= 15 is 0 Å². The van der Waals surface area contributed by atoms with Crippen LogP contribution in [0.2, 0.25) is 5.02 Å². The highest BCUT2D eigenvalue weighted by molar-refractivity contribution is 6.31. The van der Waals surface area contributed by atoms with Crippen LogP contribution in [-0.4, -0.2) is 46.3 Å². The molecule has 1 fully saturated rings. The first kappa shape index (κ1) is 18.4. The number of nitrogens with one attached hydrogen (secondary N) is 1. The molecule has 0 aliphatic carbocycles. The Morgan fingerprint density at radius 2 is 2.07 bits per heavy atom. The summed E-state index contributed by atoms with van der Waals surface area (Å²) >= 11 is 6.00. The van der Waals surface area contributed by atoms with Gasteiger partial charge in [-0.15, -0.1) is 0 Å². The summed E-state index contributed by atoms with van der Waals surface area (Å²) in [5.41, 5.74) is 1.90. The maximum Gasteiger partial charge on any atom is 0.253 e. The Morgan fingerprint density at radius 1 is 1.25 bits per heavy atom. The molecule has 7 nitrogen and oxygen atoms in total. The van der Waals surface area contributed by atoms with Gasteiger partial charge in [0.1, 0.15) is 5.52 Å². The summed E-state index contributed by atoms with van der Waals surface area (Å²) in [4.78, 5) is 34.6. The van der Waals surface area contributed by atoms with Gasteiger partial charge >= 0.3 is 0 Å². The number of oxazole rings is 1. The van der Waals surface area contributed by atoms with E-state index in [0.29, 0.717) is 29.6 Å². The molecule has 4 rings (SSSR count). The molecule has 28 heavy (non-hydrogen) atoms. The zero-order chi connectivity index (χ0) is 19.5. The molecule has 1 saturated heterocycles. The van der Waals surface area contributed by atoms with Crippen molar-refractivity contribution in [3.63, 3.8) is 0 Å². The molecule has 0 radical (unpaired) electrons. The summed E-state index contributed by atoms with van der Waals surface area (Å²) in [6.45, 7) is 1.18. The Morgan fingerprint density at radius 3 is 2.82 bits per heavy atom. The highest BCUT2D eigenvalue weighted by Gasteiger charge is 2.27. The zero-order valence-electron chi connectivity index (χ0n) is 15.1. The first-order valence-corrected chi connectivity index (χ1v) is 9.50. The number of carbonyl (C=O) groups excluding carboxylic acids is 2. The lowest BCUT2D eigenvalue weighted by atomic mass is 9.97. The standard InChI is InChI=1S/C20H19ClN4O3/c21-15-3-4-17-16(10-15)24-20(28-17)13-5-8-25(9-6-13)18(26)12-23-19(27)14-2-1-7-22-11-14/h1-4,7,10-11,13H,5-6,8-9,12H2,(H,23,27). The van der Waals surface area contributed by atoms with Gasteiger partial charge in [-0.1, -0.05) is 11.6 Å². The van der Waals surface area contributed by atoms with Crippen LogP contribution in [0.3, 0.4) is 0 Å². The van der Waals surface area contributed by atoms with Crippen molar-refractivity contribution in [1.82, 2.24) is 20.2 Å². The molecule has 0 saturated carbocycles. The number of hydrogen-bond acceptors (Lipinski definition) is 5. The number of piperidine rings is 1. The fraction of sp³-hybridized carbons (Fsp3) is 0.300. The average molecular weight is 399 g/mol. The quantitative estimate of drug-likeness (QED) is 0.729. The van der Waals surface area contributed by atoms with Gasteiger partial charge in [-0.2, -0.15) is 0 Å². The van der Waals surface area contributed by atoms with Crippen molar-refractivity contribution in [1.29, 1.82) is 0 Å². The minimum absolute atomic E-state index is 0.0280. The van der Waals surface area contributed by atoms with Crippen LogP contribution >= 0.6 is 11.6 Å². The topological polar surface area (TPSA) is 88.3 Å². The number of hydrogen-bond donors (Lipinski definition) is 1. The molecule has 1 aliphatic rings. The second-order valence-corrected chi connectivity index (χ2v) is 7.18. The molecule has 8 heteroatoms. The van der Waals surface area contributed by atoms with Gasteiger partial charge in [0, 0.05) is 36.4 Å². The van der Waals surface area contributed by atoms with Crippen molar-refractivity contribution < 1.29 is 14.0 Å². The number of pyridine rings is 1. The highest BCUT2D eigenvalue weighted by atomic mass is 35.5. The number of likely N-dealkylation sites (tertiary alicyclic amines) is 1. The first-order chi connectivity index (χ1) is 13.6. The average Bonchev–Trinajstić information content (AvgIpc) is 3.15. The van der Waals surface area contributed by atoms with Gasteiger partial charge in [0.05, 0.1) is 12.1 Å². The summed E-state index contributed by atoms with van der Waals surface area (Å²) in [6, 6.07) is 8.72. The van der Waals surface area contributed by atoms with Crippen LogP contribution in [0.1, 0.15) is 35.0 Å². The Kier molecular flexibility index (Phi) is 5.25. The van der Waals surface area contributed by atoms with Crippen molar-refractivity contribution in [2.75, 3.05) is 19.6 Å². The summed E-state index contributed by atoms with van der Waals surface area (Å²) in [5.74, 6) is 0.455. The van der Waals surface area contributed by atoms with E-state index in [1.54, 1.807) is 35.4 Å². The second-order valence-electron chi connectivity index (χ2n) is 6.74. The number of nitrogens with zero attached hydrogens (tertiary/aromatic N) is 3. The van der Waals surface area contributed by atoms with Gasteiger partial charge in [-0.3, -0.25) is 14.6 Å². The maximum absolute atomic E-state index is 12.4. The van der Waals surface area contributed by atoms with Crippen LogP contribution in [-0.2, 0) is 4.79 Å². The Hall–Kier alpha value is -2.93. The van der Waals surface area contributed by atoms with Crippen LogP contribution in [0.25, 0.3) is 11.1 Å². The highest BCUT2D eigenvalue weighted by Crippen LogP contribution is 2.30. The minimum atomic E-state index is -0.304. The van der Waals surface area contributed by atoms with E-state index in [2.05, 4.69) is 15.3 Å². The molecule has 3 aromatic rings. The van der Waals surface area contributed by atoms with E-state index in [1.807, 2.05) is 6.07 Å². The third kappa shape index (κ3) is 3.99. The smallest absolute Gasteiger partial charge is 0.253 e. The van der Waals surface area contributed by atoms with Crippen LogP contribution in [0, 0.1) is 0 Å². The molecule has 2 amide bonds. The fourth-order valence-corrected chi connectivity index (χ4v) is 3.50. The van der Waals surface area contributed by atoms with Crippen molar-refractivity contribution >= 4 is 34.5 Å². The zero-order valence-corrected chi connectivity index (χ0v) is 15.9. The molecule has 3 heterocycles. The fourth-order valence-electron chi connectivity index (χ4n) is 3.34. The predicted molar refractivity (Wildman–Crippen MR) is 104 cm³/mol. The number of fused-ring (bicyclic) bond motifs is 1. The third-order valence-electron chi connectivity index (χ3n) is 4.89. The molecule has 144 valence electrons. The number of rotatable bonds is 4. The van der Waals surface area contributed by atoms with E-state index in [1.165, 1.54) is 6.20 Å². The number of halogens is 1. The van der Waals surface area contributed by atoms with Gasteiger partial charge < -0.3 is 14.6 Å². The number of carbonyl (C=O) groups is 2. The van der Waals surface area contributed by atoms with Gasteiger partial charge in [-0.25, -0.2) is 4.98 Å². The number of benzene rings is 1. The van der Waals surface area contributed by atoms with Crippen molar-refractivity contribution in [2.45, 2.75) is 18.8 Å².